The summed E-state index contributed by atoms with van der Waals surface area (Å²) in [5, 5.41) is 5.67. The number of thiazole rings is 1. The van der Waals surface area contributed by atoms with Gasteiger partial charge in [-0.05, 0) is 48.0 Å². The number of halogens is 2. The van der Waals surface area contributed by atoms with Crippen molar-refractivity contribution in [3.05, 3.63) is 83.4 Å². The maximum atomic E-state index is 13.6. The molecule has 0 aliphatic heterocycles. The predicted molar refractivity (Wildman–Crippen MR) is 120 cm³/mol. The summed E-state index contributed by atoms with van der Waals surface area (Å²) >= 11 is 1.12. The third-order valence-electron chi connectivity index (χ3n) is 4.50. The summed E-state index contributed by atoms with van der Waals surface area (Å²) in [6, 6.07) is 14.6. The van der Waals surface area contributed by atoms with Crippen LogP contribution in [0.1, 0.15) is 15.9 Å². The SMILES string of the molecule is COc1cc(OC)cc(C(=O)N(/N=C/c2ccc(F)cc2)c2nc3ccc(F)cc3s2)c1. The largest absolute Gasteiger partial charge is 0.497 e. The van der Waals surface area contributed by atoms with Crippen LogP contribution in [0.4, 0.5) is 13.9 Å². The molecule has 0 aliphatic rings. The minimum atomic E-state index is -0.500. The maximum absolute atomic E-state index is 13.6. The van der Waals surface area contributed by atoms with Gasteiger partial charge in [0.2, 0.25) is 5.13 Å². The lowest BCUT2D eigenvalue weighted by atomic mass is 10.2. The molecule has 3 aromatic carbocycles. The van der Waals surface area contributed by atoms with Crippen LogP contribution in [-0.4, -0.2) is 31.3 Å². The summed E-state index contributed by atoms with van der Waals surface area (Å²) in [7, 11) is 2.96. The van der Waals surface area contributed by atoms with E-state index in [9.17, 15) is 13.6 Å². The van der Waals surface area contributed by atoms with E-state index in [0.29, 0.717) is 27.3 Å². The number of anilines is 1. The van der Waals surface area contributed by atoms with Crippen LogP contribution in [0.3, 0.4) is 0 Å². The molecule has 0 saturated carbocycles. The number of amides is 1. The lowest BCUT2D eigenvalue weighted by Crippen LogP contribution is -2.25. The fourth-order valence-electron chi connectivity index (χ4n) is 2.89. The Kier molecular flexibility index (Phi) is 6.09. The van der Waals surface area contributed by atoms with Crippen LogP contribution in [-0.2, 0) is 0 Å². The van der Waals surface area contributed by atoms with Gasteiger partial charge in [0.1, 0.15) is 23.1 Å². The average Bonchev–Trinajstić information content (AvgIpc) is 3.22. The zero-order valence-electron chi connectivity index (χ0n) is 17.1. The van der Waals surface area contributed by atoms with Gasteiger partial charge in [0.25, 0.3) is 5.91 Å². The fourth-order valence-corrected chi connectivity index (χ4v) is 3.84. The van der Waals surface area contributed by atoms with E-state index in [1.807, 2.05) is 0 Å². The lowest BCUT2D eigenvalue weighted by Gasteiger charge is -2.15. The van der Waals surface area contributed by atoms with Crippen LogP contribution < -0.4 is 14.5 Å². The molecule has 4 aromatic rings. The first-order valence-corrected chi connectivity index (χ1v) is 10.2. The first-order valence-electron chi connectivity index (χ1n) is 9.40. The second-order valence-electron chi connectivity index (χ2n) is 6.62. The normalized spacial score (nSPS) is 11.1. The Labute approximate surface area is 186 Å². The number of benzene rings is 3. The molecular formula is C23H17F2N3O3S. The highest BCUT2D eigenvalue weighted by atomic mass is 32.1. The minimum Gasteiger partial charge on any atom is -0.497 e. The molecule has 0 saturated heterocycles. The van der Waals surface area contributed by atoms with Crippen molar-refractivity contribution >= 4 is 38.8 Å². The van der Waals surface area contributed by atoms with Gasteiger partial charge in [-0.2, -0.15) is 10.1 Å². The molecule has 0 aliphatic carbocycles. The van der Waals surface area contributed by atoms with E-state index < -0.39 is 11.7 Å². The van der Waals surface area contributed by atoms with Crippen LogP contribution in [0, 0.1) is 11.6 Å². The van der Waals surface area contributed by atoms with Crippen molar-refractivity contribution in [2.45, 2.75) is 0 Å². The number of carbonyl (C=O) groups excluding carboxylic acids is 1. The van der Waals surface area contributed by atoms with Crippen LogP contribution >= 0.6 is 11.3 Å². The number of hydrogen-bond acceptors (Lipinski definition) is 6. The number of fused-ring (bicyclic) bond motifs is 1. The molecular weight excluding hydrogens is 436 g/mol. The number of hydrogen-bond donors (Lipinski definition) is 0. The lowest BCUT2D eigenvalue weighted by molar-refractivity contribution is 0.0987. The number of carbonyl (C=O) groups is 1. The van der Waals surface area contributed by atoms with E-state index in [-0.39, 0.29) is 16.5 Å². The molecule has 162 valence electrons. The van der Waals surface area contributed by atoms with Gasteiger partial charge in [-0.15, -0.1) is 0 Å². The van der Waals surface area contributed by atoms with E-state index >= 15 is 0 Å². The van der Waals surface area contributed by atoms with Crippen molar-refractivity contribution in [1.29, 1.82) is 0 Å². The topological polar surface area (TPSA) is 64.0 Å². The minimum absolute atomic E-state index is 0.246. The van der Waals surface area contributed by atoms with Gasteiger partial charge in [-0.25, -0.2) is 13.8 Å². The Bertz CT molecular complexity index is 1280. The summed E-state index contributed by atoms with van der Waals surface area (Å²) in [5.41, 5.74) is 1.37. The molecule has 0 radical (unpaired) electrons. The van der Waals surface area contributed by atoms with Gasteiger partial charge >= 0.3 is 0 Å². The van der Waals surface area contributed by atoms with E-state index in [4.69, 9.17) is 9.47 Å². The molecule has 1 amide bonds. The van der Waals surface area contributed by atoms with Gasteiger partial charge in [-0.3, -0.25) is 4.79 Å². The molecule has 0 unspecified atom stereocenters. The highest BCUT2D eigenvalue weighted by Gasteiger charge is 2.22. The molecule has 0 spiro atoms. The molecule has 0 bridgehead atoms. The fraction of sp³-hybridized carbons (Fsp3) is 0.0870. The second-order valence-corrected chi connectivity index (χ2v) is 7.63. The molecule has 1 aromatic heterocycles. The Morgan fingerprint density at radius 3 is 2.28 bits per heavy atom. The van der Waals surface area contributed by atoms with Gasteiger partial charge in [0.15, 0.2) is 0 Å². The third kappa shape index (κ3) is 4.57. The Balaban J connectivity index is 1.78. The first-order chi connectivity index (χ1) is 15.5. The summed E-state index contributed by atoms with van der Waals surface area (Å²) in [5.74, 6) is -0.423. The van der Waals surface area contributed by atoms with Crippen molar-refractivity contribution in [2.24, 2.45) is 5.10 Å². The monoisotopic (exact) mass is 453 g/mol. The van der Waals surface area contributed by atoms with Crippen molar-refractivity contribution in [3.8, 4) is 11.5 Å². The molecule has 0 fully saturated rings. The molecule has 0 N–H and O–H groups in total. The van der Waals surface area contributed by atoms with Gasteiger partial charge in [0.05, 0.1) is 30.7 Å². The molecule has 32 heavy (non-hydrogen) atoms. The first kappa shape index (κ1) is 21.4. The summed E-state index contributed by atoms with van der Waals surface area (Å²) in [6.45, 7) is 0. The van der Waals surface area contributed by atoms with Crippen LogP contribution in [0.25, 0.3) is 10.2 Å². The highest BCUT2D eigenvalue weighted by Crippen LogP contribution is 2.32. The number of nitrogens with zero attached hydrogens (tertiary/aromatic N) is 3. The summed E-state index contributed by atoms with van der Waals surface area (Å²) in [4.78, 5) is 17.9. The maximum Gasteiger partial charge on any atom is 0.281 e. The number of rotatable bonds is 6. The number of aromatic nitrogens is 1. The van der Waals surface area contributed by atoms with Crippen molar-refractivity contribution in [3.63, 3.8) is 0 Å². The predicted octanol–water partition coefficient (Wildman–Crippen LogP) is 5.27. The number of ether oxygens (including phenoxy) is 2. The highest BCUT2D eigenvalue weighted by molar-refractivity contribution is 7.22. The van der Waals surface area contributed by atoms with E-state index in [1.165, 1.54) is 62.9 Å². The third-order valence-corrected chi connectivity index (χ3v) is 5.50. The Hall–Kier alpha value is -3.85. The molecule has 6 nitrogen and oxygen atoms in total. The molecule has 4 rings (SSSR count). The smallest absolute Gasteiger partial charge is 0.281 e. The van der Waals surface area contributed by atoms with E-state index in [1.54, 1.807) is 18.2 Å². The van der Waals surface area contributed by atoms with Gasteiger partial charge in [-0.1, -0.05) is 23.5 Å². The Morgan fingerprint density at radius 1 is 0.969 bits per heavy atom. The number of methoxy groups -OCH3 is 2. The van der Waals surface area contributed by atoms with Gasteiger partial charge in [0, 0.05) is 11.6 Å². The summed E-state index contributed by atoms with van der Waals surface area (Å²) in [6.07, 6.45) is 1.42. The van der Waals surface area contributed by atoms with E-state index in [2.05, 4.69) is 10.1 Å². The standard InChI is InChI=1S/C23H17F2N3O3S/c1-30-18-9-15(10-19(12-18)31-2)22(29)28(26-13-14-3-5-16(24)6-4-14)23-27-20-8-7-17(25)11-21(20)32-23/h3-13H,1-2H3/b26-13+. The van der Waals surface area contributed by atoms with Gasteiger partial charge < -0.3 is 9.47 Å². The van der Waals surface area contributed by atoms with E-state index in [0.717, 1.165) is 16.3 Å². The quantitative estimate of drug-likeness (QED) is 0.295. The zero-order valence-corrected chi connectivity index (χ0v) is 17.9. The van der Waals surface area contributed by atoms with Crippen LogP contribution in [0.5, 0.6) is 11.5 Å². The second kappa shape index (κ2) is 9.11. The summed E-state index contributed by atoms with van der Waals surface area (Å²) < 4.78 is 37.9. The average molecular weight is 453 g/mol. The molecule has 1 heterocycles. The van der Waals surface area contributed by atoms with Crippen molar-refractivity contribution in [1.82, 2.24) is 4.98 Å². The van der Waals surface area contributed by atoms with Crippen molar-refractivity contribution in [2.75, 3.05) is 19.2 Å². The zero-order chi connectivity index (χ0) is 22.7. The number of hydrazone groups is 1. The molecule has 9 heteroatoms. The van der Waals surface area contributed by atoms with Crippen LogP contribution in [0.15, 0.2) is 65.8 Å². The Morgan fingerprint density at radius 2 is 1.62 bits per heavy atom. The van der Waals surface area contributed by atoms with Crippen molar-refractivity contribution < 1.29 is 23.0 Å². The molecule has 0 atom stereocenters. The van der Waals surface area contributed by atoms with Crippen LogP contribution in [0.2, 0.25) is 0 Å².